The number of fused-ring (bicyclic) bond motifs is 1. The summed E-state index contributed by atoms with van der Waals surface area (Å²) in [6.07, 6.45) is 0. The van der Waals surface area contributed by atoms with Crippen molar-refractivity contribution in [3.05, 3.63) is 35.9 Å². The van der Waals surface area contributed by atoms with Crippen molar-refractivity contribution >= 4 is 41.8 Å². The van der Waals surface area contributed by atoms with Crippen LogP contribution in [-0.4, -0.2) is 51.4 Å². The minimum atomic E-state index is -0.714. The van der Waals surface area contributed by atoms with Gasteiger partial charge in [0.2, 0.25) is 5.91 Å². The van der Waals surface area contributed by atoms with Crippen molar-refractivity contribution in [2.24, 2.45) is 5.73 Å². The first-order chi connectivity index (χ1) is 10.8. The topological polar surface area (TPSA) is 89.7 Å². The Morgan fingerprint density at radius 1 is 1.29 bits per heavy atom. The summed E-state index contributed by atoms with van der Waals surface area (Å²) in [4.78, 5) is 37.8. The van der Waals surface area contributed by atoms with Gasteiger partial charge < -0.3 is 15.4 Å². The summed E-state index contributed by atoms with van der Waals surface area (Å²) in [5, 5.41) is -0.195. The van der Waals surface area contributed by atoms with Crippen LogP contribution in [0.15, 0.2) is 30.3 Å². The van der Waals surface area contributed by atoms with Gasteiger partial charge in [-0.15, -0.1) is 24.2 Å². The van der Waals surface area contributed by atoms with Crippen LogP contribution in [0, 0.1) is 0 Å². The summed E-state index contributed by atoms with van der Waals surface area (Å²) in [5.41, 5.74) is 6.26. The van der Waals surface area contributed by atoms with E-state index in [1.165, 1.54) is 16.7 Å². The number of benzene rings is 1. The summed E-state index contributed by atoms with van der Waals surface area (Å²) >= 11 is 1.49. The fourth-order valence-electron chi connectivity index (χ4n) is 2.95. The number of hydrogen-bond donors (Lipinski definition) is 1. The normalized spacial score (nSPS) is 26.9. The van der Waals surface area contributed by atoms with Crippen LogP contribution in [0.4, 0.5) is 0 Å². The minimum absolute atomic E-state index is 0. The van der Waals surface area contributed by atoms with Crippen LogP contribution in [-0.2, 0) is 14.3 Å². The highest BCUT2D eigenvalue weighted by Crippen LogP contribution is 2.50. The first-order valence-corrected chi connectivity index (χ1v) is 8.21. The van der Waals surface area contributed by atoms with E-state index in [9.17, 15) is 14.4 Å². The van der Waals surface area contributed by atoms with Crippen LogP contribution in [0.2, 0.25) is 0 Å². The molecule has 24 heavy (non-hydrogen) atoms. The molecule has 1 aromatic rings. The van der Waals surface area contributed by atoms with E-state index in [1.807, 2.05) is 13.8 Å². The van der Waals surface area contributed by atoms with Crippen LogP contribution in [0.25, 0.3) is 0 Å². The van der Waals surface area contributed by atoms with Gasteiger partial charge in [0.15, 0.2) is 12.4 Å². The molecule has 8 heteroatoms. The highest BCUT2D eigenvalue weighted by atomic mass is 35.5. The molecule has 0 bridgehead atoms. The number of carbonyl (C=O) groups excluding carboxylic acids is 3. The van der Waals surface area contributed by atoms with E-state index in [-0.39, 0.29) is 36.1 Å². The third-order valence-corrected chi connectivity index (χ3v) is 5.74. The highest BCUT2D eigenvalue weighted by molar-refractivity contribution is 8.01. The molecular formula is C16H19ClN2O4S. The van der Waals surface area contributed by atoms with Gasteiger partial charge >= 0.3 is 5.97 Å². The number of β-lactam (4-membered cyclic amide) rings is 1. The lowest BCUT2D eigenvalue weighted by Crippen LogP contribution is -2.68. The molecule has 3 atom stereocenters. The number of thioether (sulfide) groups is 1. The van der Waals surface area contributed by atoms with E-state index in [1.54, 1.807) is 30.3 Å². The lowest BCUT2D eigenvalue weighted by atomic mass is 9.96. The van der Waals surface area contributed by atoms with Gasteiger partial charge in [-0.2, -0.15) is 0 Å². The average Bonchev–Trinajstić information content (AvgIpc) is 2.81. The second kappa shape index (κ2) is 6.74. The molecule has 2 saturated heterocycles. The lowest BCUT2D eigenvalue weighted by Gasteiger charge is -2.41. The molecule has 0 aliphatic carbocycles. The third-order valence-electron chi connectivity index (χ3n) is 4.15. The number of nitrogens with zero attached hydrogens (tertiary/aromatic N) is 1. The van der Waals surface area contributed by atoms with Gasteiger partial charge in [-0.25, -0.2) is 4.79 Å². The van der Waals surface area contributed by atoms with Gasteiger partial charge in [0.1, 0.15) is 17.5 Å². The number of carbonyl (C=O) groups is 3. The predicted octanol–water partition coefficient (Wildman–Crippen LogP) is 1.22. The van der Waals surface area contributed by atoms with Crippen molar-refractivity contribution in [1.29, 1.82) is 0 Å². The number of ether oxygens (including phenoxy) is 1. The number of hydrogen-bond acceptors (Lipinski definition) is 6. The van der Waals surface area contributed by atoms with Crippen LogP contribution in [0.3, 0.4) is 0 Å². The Bertz CT molecular complexity index is 667. The Morgan fingerprint density at radius 2 is 1.92 bits per heavy atom. The number of ketones is 1. The van der Waals surface area contributed by atoms with Crippen LogP contribution >= 0.6 is 24.2 Å². The summed E-state index contributed by atoms with van der Waals surface area (Å²) in [6.45, 7) is 3.42. The molecular weight excluding hydrogens is 352 g/mol. The zero-order valence-corrected chi connectivity index (χ0v) is 14.9. The Kier molecular flexibility index (Phi) is 5.27. The molecule has 2 N–H and O–H groups in total. The molecule has 0 spiro atoms. The standard InChI is InChI=1S/C16H18N2O4S.ClH/c1-16(2)12(18-13(20)11(17)14(18)23-16)15(21)22-8-10(19)9-6-4-3-5-7-9;/h3-7,11-12,14H,8,17H2,1-2H3;1H/t11?,12-,14+;/m0./s1. The van der Waals surface area contributed by atoms with Crippen LogP contribution in [0.5, 0.6) is 0 Å². The molecule has 0 aromatic heterocycles. The zero-order valence-electron chi connectivity index (χ0n) is 13.3. The second-order valence-electron chi connectivity index (χ2n) is 6.18. The summed E-state index contributed by atoms with van der Waals surface area (Å²) in [7, 11) is 0. The van der Waals surface area contributed by atoms with Crippen molar-refractivity contribution < 1.29 is 19.1 Å². The average molecular weight is 371 g/mol. The number of Topliss-reactive ketones (excluding diaryl/α,β-unsaturated/α-hetero) is 1. The molecule has 2 fully saturated rings. The monoisotopic (exact) mass is 370 g/mol. The van der Waals surface area contributed by atoms with E-state index in [4.69, 9.17) is 10.5 Å². The van der Waals surface area contributed by atoms with Crippen LogP contribution in [0.1, 0.15) is 24.2 Å². The summed E-state index contributed by atoms with van der Waals surface area (Å²) in [6, 6.07) is 7.35. The van der Waals surface area contributed by atoms with E-state index in [0.29, 0.717) is 5.56 Å². The van der Waals surface area contributed by atoms with Crippen molar-refractivity contribution in [3.8, 4) is 0 Å². The van der Waals surface area contributed by atoms with E-state index in [0.717, 1.165) is 0 Å². The van der Waals surface area contributed by atoms with E-state index >= 15 is 0 Å². The van der Waals surface area contributed by atoms with Crippen molar-refractivity contribution in [3.63, 3.8) is 0 Å². The molecule has 2 aliphatic rings. The first kappa shape index (κ1) is 18.8. The number of amides is 1. The van der Waals surface area contributed by atoms with Gasteiger partial charge in [-0.3, -0.25) is 9.59 Å². The van der Waals surface area contributed by atoms with E-state index < -0.39 is 22.8 Å². The Morgan fingerprint density at radius 3 is 2.54 bits per heavy atom. The lowest BCUT2D eigenvalue weighted by molar-refractivity contribution is -0.162. The molecule has 2 heterocycles. The Hall–Kier alpha value is -1.57. The fourth-order valence-corrected chi connectivity index (χ4v) is 4.51. The van der Waals surface area contributed by atoms with Gasteiger partial charge in [-0.1, -0.05) is 30.3 Å². The van der Waals surface area contributed by atoms with Gasteiger partial charge in [0.05, 0.1) is 0 Å². The molecule has 3 rings (SSSR count). The van der Waals surface area contributed by atoms with Crippen molar-refractivity contribution in [1.82, 2.24) is 4.90 Å². The highest BCUT2D eigenvalue weighted by Gasteiger charge is 2.63. The number of rotatable bonds is 4. The Balaban J connectivity index is 0.00000208. The van der Waals surface area contributed by atoms with Crippen LogP contribution < -0.4 is 5.73 Å². The molecule has 2 aliphatic heterocycles. The molecule has 1 amide bonds. The molecule has 6 nitrogen and oxygen atoms in total. The van der Waals surface area contributed by atoms with Gasteiger partial charge in [0.25, 0.3) is 0 Å². The maximum atomic E-state index is 12.4. The first-order valence-electron chi connectivity index (χ1n) is 7.33. The van der Waals surface area contributed by atoms with E-state index in [2.05, 4.69) is 0 Å². The molecule has 130 valence electrons. The smallest absolute Gasteiger partial charge is 0.330 e. The number of nitrogens with two attached hydrogens (primary N) is 1. The SMILES string of the molecule is CC1(C)S[C@@H]2C(N)C(=O)N2[C@H]1C(=O)OCC(=O)c1ccccc1.Cl. The predicted molar refractivity (Wildman–Crippen MR) is 93.0 cm³/mol. The summed E-state index contributed by atoms with van der Waals surface area (Å²) in [5.74, 6) is -1.08. The molecule has 0 saturated carbocycles. The molecule has 0 radical (unpaired) electrons. The van der Waals surface area contributed by atoms with Gasteiger partial charge in [0, 0.05) is 10.3 Å². The molecule has 1 aromatic carbocycles. The number of esters is 1. The maximum absolute atomic E-state index is 12.4. The number of halogens is 1. The van der Waals surface area contributed by atoms with Gasteiger partial charge in [-0.05, 0) is 13.8 Å². The fraction of sp³-hybridized carbons (Fsp3) is 0.438. The minimum Gasteiger partial charge on any atom is -0.456 e. The zero-order chi connectivity index (χ0) is 16.8. The third kappa shape index (κ3) is 3.03. The van der Waals surface area contributed by atoms with Crippen molar-refractivity contribution in [2.45, 2.75) is 36.1 Å². The molecule has 1 unspecified atom stereocenters. The quantitative estimate of drug-likeness (QED) is 0.487. The Labute approximate surface area is 150 Å². The second-order valence-corrected chi connectivity index (χ2v) is 7.95. The summed E-state index contributed by atoms with van der Waals surface area (Å²) < 4.78 is 4.68. The maximum Gasteiger partial charge on any atom is 0.330 e. The largest absolute Gasteiger partial charge is 0.456 e. The van der Waals surface area contributed by atoms with Crippen molar-refractivity contribution in [2.75, 3.05) is 6.61 Å².